The van der Waals surface area contributed by atoms with Crippen LogP contribution in [-0.2, 0) is 11.3 Å². The second kappa shape index (κ2) is 9.30. The summed E-state index contributed by atoms with van der Waals surface area (Å²) in [6.45, 7) is 6.42. The minimum atomic E-state index is 0. The Hall–Kier alpha value is -0.0400. The molecule has 0 radical (unpaired) electrons. The summed E-state index contributed by atoms with van der Waals surface area (Å²) in [6.07, 6.45) is 0.993. The maximum absolute atomic E-state index is 12.3. The number of amides is 1. The molecular weight excluding hydrogens is 365 g/mol. The first-order valence-corrected chi connectivity index (χ1v) is 8.38. The van der Waals surface area contributed by atoms with Gasteiger partial charge in [0.1, 0.15) is 0 Å². The van der Waals surface area contributed by atoms with Crippen molar-refractivity contribution in [3.8, 4) is 0 Å². The Labute approximate surface area is 153 Å². The van der Waals surface area contributed by atoms with Crippen LogP contribution in [0.2, 0.25) is 4.34 Å². The maximum atomic E-state index is 12.3. The van der Waals surface area contributed by atoms with Gasteiger partial charge in [0.2, 0.25) is 5.91 Å². The first-order valence-electron chi connectivity index (χ1n) is 7.18. The molecule has 0 aromatic carbocycles. The highest BCUT2D eigenvalue weighted by molar-refractivity contribution is 7.16. The number of halogens is 3. The molecule has 126 valence electrons. The molecule has 2 fully saturated rings. The van der Waals surface area contributed by atoms with Crippen molar-refractivity contribution < 1.29 is 4.79 Å². The number of nitrogens with one attached hydrogen (secondary N) is 1. The van der Waals surface area contributed by atoms with Crippen LogP contribution in [-0.4, -0.2) is 55.0 Å². The van der Waals surface area contributed by atoms with Gasteiger partial charge in [-0.15, -0.1) is 36.2 Å². The molecule has 1 aromatic heterocycles. The van der Waals surface area contributed by atoms with Gasteiger partial charge < -0.3 is 10.2 Å². The molecule has 0 saturated carbocycles. The van der Waals surface area contributed by atoms with Crippen molar-refractivity contribution >= 4 is 53.7 Å². The molecule has 4 nitrogen and oxygen atoms in total. The van der Waals surface area contributed by atoms with Crippen LogP contribution >= 0.6 is 47.8 Å². The maximum Gasteiger partial charge on any atom is 0.227 e. The lowest BCUT2D eigenvalue weighted by atomic mass is 10.1. The summed E-state index contributed by atoms with van der Waals surface area (Å²) >= 11 is 7.60. The van der Waals surface area contributed by atoms with Crippen LogP contribution in [0.25, 0.3) is 0 Å². The number of carbonyl (C=O) groups excluding carboxylic acids is 1. The van der Waals surface area contributed by atoms with Crippen molar-refractivity contribution in [3.63, 3.8) is 0 Å². The van der Waals surface area contributed by atoms with Gasteiger partial charge in [-0.05, 0) is 25.1 Å². The van der Waals surface area contributed by atoms with Crippen LogP contribution in [0.5, 0.6) is 0 Å². The zero-order chi connectivity index (χ0) is 13.9. The summed E-state index contributed by atoms with van der Waals surface area (Å²) in [7, 11) is 0. The van der Waals surface area contributed by atoms with E-state index in [-0.39, 0.29) is 30.7 Å². The van der Waals surface area contributed by atoms with Gasteiger partial charge >= 0.3 is 0 Å². The topological polar surface area (TPSA) is 35.6 Å². The molecule has 0 aliphatic carbocycles. The fourth-order valence-electron chi connectivity index (χ4n) is 2.91. The van der Waals surface area contributed by atoms with Gasteiger partial charge in [-0.1, -0.05) is 11.6 Å². The number of hydrogen-bond donors (Lipinski definition) is 1. The average molecular weight is 387 g/mol. The highest BCUT2D eigenvalue weighted by Crippen LogP contribution is 2.23. The molecule has 2 saturated heterocycles. The standard InChI is InChI=1S/C14H20ClN3OS.2ClH/c15-13-2-1-12(20-13)10-17-5-7-18(8-6-17)14(19)11-3-4-16-9-11;;/h1-2,11,16H,3-10H2;2*1H. The summed E-state index contributed by atoms with van der Waals surface area (Å²) in [5.74, 6) is 0.548. The van der Waals surface area contributed by atoms with Gasteiger partial charge in [0.15, 0.2) is 0 Å². The predicted molar refractivity (Wildman–Crippen MR) is 96.7 cm³/mol. The Morgan fingerprint density at radius 1 is 1.27 bits per heavy atom. The molecular formula is C14H22Cl3N3OS. The first kappa shape index (κ1) is 20.0. The molecule has 1 N–H and O–H groups in total. The molecule has 0 bridgehead atoms. The van der Waals surface area contributed by atoms with E-state index in [1.807, 2.05) is 11.0 Å². The molecule has 2 aliphatic heterocycles. The molecule has 1 aromatic rings. The fourth-order valence-corrected chi connectivity index (χ4v) is 4.04. The van der Waals surface area contributed by atoms with Crippen LogP contribution < -0.4 is 5.32 Å². The van der Waals surface area contributed by atoms with Crippen LogP contribution in [0.15, 0.2) is 12.1 Å². The van der Waals surface area contributed by atoms with Crippen LogP contribution in [0.1, 0.15) is 11.3 Å². The van der Waals surface area contributed by atoms with Crippen LogP contribution in [0.4, 0.5) is 0 Å². The van der Waals surface area contributed by atoms with E-state index in [0.717, 1.165) is 56.6 Å². The molecule has 0 spiro atoms. The zero-order valence-electron chi connectivity index (χ0n) is 12.3. The van der Waals surface area contributed by atoms with Gasteiger partial charge in [0.05, 0.1) is 10.3 Å². The summed E-state index contributed by atoms with van der Waals surface area (Å²) in [5.41, 5.74) is 0. The Balaban J connectivity index is 0.00000121. The van der Waals surface area contributed by atoms with Crippen molar-refractivity contribution in [3.05, 3.63) is 21.3 Å². The van der Waals surface area contributed by atoms with Crippen molar-refractivity contribution in [1.29, 1.82) is 0 Å². The zero-order valence-corrected chi connectivity index (χ0v) is 15.5. The minimum absolute atomic E-state index is 0. The fraction of sp³-hybridized carbons (Fsp3) is 0.643. The SMILES string of the molecule is Cl.Cl.O=C(C1CCNC1)N1CCN(Cc2ccc(Cl)s2)CC1. The summed E-state index contributed by atoms with van der Waals surface area (Å²) in [5, 5.41) is 3.27. The molecule has 3 heterocycles. The normalized spacial score (nSPS) is 22.0. The lowest BCUT2D eigenvalue weighted by Crippen LogP contribution is -2.50. The van der Waals surface area contributed by atoms with E-state index in [1.165, 1.54) is 4.88 Å². The lowest BCUT2D eigenvalue weighted by Gasteiger charge is -2.35. The third-order valence-corrected chi connectivity index (χ3v) is 5.32. The van der Waals surface area contributed by atoms with Gasteiger partial charge in [-0.3, -0.25) is 9.69 Å². The summed E-state index contributed by atoms with van der Waals surface area (Å²) in [6, 6.07) is 4.04. The number of hydrogen-bond acceptors (Lipinski definition) is 4. The van der Waals surface area contributed by atoms with E-state index in [1.54, 1.807) is 11.3 Å². The van der Waals surface area contributed by atoms with Gasteiger partial charge in [-0.2, -0.15) is 0 Å². The van der Waals surface area contributed by atoms with Gasteiger partial charge in [-0.25, -0.2) is 0 Å². The summed E-state index contributed by atoms with van der Waals surface area (Å²) < 4.78 is 0.850. The third kappa shape index (κ3) is 4.98. The van der Waals surface area contributed by atoms with E-state index in [2.05, 4.69) is 16.3 Å². The summed E-state index contributed by atoms with van der Waals surface area (Å²) in [4.78, 5) is 18.1. The number of nitrogens with zero attached hydrogens (tertiary/aromatic N) is 2. The molecule has 8 heteroatoms. The average Bonchev–Trinajstić information content (AvgIpc) is 3.11. The Kier molecular flexibility index (Phi) is 8.46. The Morgan fingerprint density at radius 2 is 2.00 bits per heavy atom. The highest BCUT2D eigenvalue weighted by atomic mass is 35.5. The third-order valence-electron chi connectivity index (χ3n) is 4.10. The van der Waals surface area contributed by atoms with Crippen molar-refractivity contribution in [1.82, 2.24) is 15.1 Å². The number of carbonyl (C=O) groups is 1. The smallest absolute Gasteiger partial charge is 0.227 e. The molecule has 1 amide bonds. The molecule has 1 atom stereocenters. The highest BCUT2D eigenvalue weighted by Gasteiger charge is 2.29. The second-order valence-electron chi connectivity index (χ2n) is 5.50. The van der Waals surface area contributed by atoms with Crippen molar-refractivity contribution in [2.24, 2.45) is 5.92 Å². The quantitative estimate of drug-likeness (QED) is 0.867. The van der Waals surface area contributed by atoms with Crippen molar-refractivity contribution in [2.45, 2.75) is 13.0 Å². The van der Waals surface area contributed by atoms with E-state index in [0.29, 0.717) is 5.91 Å². The van der Waals surface area contributed by atoms with E-state index in [4.69, 9.17) is 11.6 Å². The monoisotopic (exact) mass is 385 g/mol. The molecule has 22 heavy (non-hydrogen) atoms. The minimum Gasteiger partial charge on any atom is -0.340 e. The predicted octanol–water partition coefficient (Wildman–Crippen LogP) is 2.50. The first-order chi connectivity index (χ1) is 9.72. The Morgan fingerprint density at radius 3 is 2.55 bits per heavy atom. The van der Waals surface area contributed by atoms with Gasteiger partial charge in [0, 0.05) is 44.1 Å². The lowest BCUT2D eigenvalue weighted by molar-refractivity contribution is -0.136. The van der Waals surface area contributed by atoms with Crippen molar-refractivity contribution in [2.75, 3.05) is 39.3 Å². The molecule has 3 rings (SSSR count). The molecule has 2 aliphatic rings. The second-order valence-corrected chi connectivity index (χ2v) is 7.30. The largest absolute Gasteiger partial charge is 0.340 e. The van der Waals surface area contributed by atoms with E-state index >= 15 is 0 Å². The van der Waals surface area contributed by atoms with E-state index < -0.39 is 0 Å². The molecule has 1 unspecified atom stereocenters. The number of rotatable bonds is 3. The number of piperazine rings is 1. The number of thiophene rings is 1. The Bertz CT molecular complexity index is 472. The van der Waals surface area contributed by atoms with Crippen LogP contribution in [0.3, 0.4) is 0 Å². The van der Waals surface area contributed by atoms with Gasteiger partial charge in [0.25, 0.3) is 0 Å². The van der Waals surface area contributed by atoms with E-state index in [9.17, 15) is 4.79 Å². The van der Waals surface area contributed by atoms with Crippen LogP contribution in [0, 0.1) is 5.92 Å².